The summed E-state index contributed by atoms with van der Waals surface area (Å²) in [5.41, 5.74) is 2.37. The zero-order valence-corrected chi connectivity index (χ0v) is 20.5. The van der Waals surface area contributed by atoms with E-state index in [4.69, 9.17) is 9.16 Å². The molecule has 32 heavy (non-hydrogen) atoms. The lowest BCUT2D eigenvalue weighted by Gasteiger charge is -2.46. The second-order valence-corrected chi connectivity index (χ2v) is 14.1. The second kappa shape index (κ2) is 9.58. The van der Waals surface area contributed by atoms with E-state index in [0.29, 0.717) is 19.1 Å². The van der Waals surface area contributed by atoms with Crippen LogP contribution >= 0.6 is 0 Å². The molecule has 1 fully saturated rings. The molecule has 0 saturated heterocycles. The molecule has 0 bridgehead atoms. The molecular formula is C29H34O2Si. The maximum Gasteiger partial charge on any atom is 0.261 e. The average Bonchev–Trinajstić information content (AvgIpc) is 2.81. The van der Waals surface area contributed by atoms with Crippen molar-refractivity contribution in [2.45, 2.75) is 44.9 Å². The van der Waals surface area contributed by atoms with Gasteiger partial charge in [-0.05, 0) is 33.0 Å². The molecule has 4 rings (SSSR count). The number of ether oxygens (including phenoxy) is 1. The third-order valence-electron chi connectivity index (χ3n) is 6.65. The van der Waals surface area contributed by atoms with Gasteiger partial charge < -0.3 is 9.16 Å². The molecule has 2 nitrogen and oxygen atoms in total. The van der Waals surface area contributed by atoms with Crippen molar-refractivity contribution in [3.8, 4) is 0 Å². The standard InChI is InChI=1S/C29H34O2Si/c1-23-25(20-28(23)30-21-24-14-8-5-9-15-24)22-31-32(29(2,3)4,26-16-10-6-11-17-26)27-18-12-7-13-19-27/h5-19,25,28H,1,20-22H2,2-4H3/t25-,28+/m0/s1. The van der Waals surface area contributed by atoms with Crippen molar-refractivity contribution in [1.82, 2.24) is 0 Å². The topological polar surface area (TPSA) is 18.5 Å². The molecule has 0 spiro atoms. The molecule has 166 valence electrons. The summed E-state index contributed by atoms with van der Waals surface area (Å²) in [7, 11) is -2.50. The second-order valence-electron chi connectivity index (χ2n) is 9.77. The highest BCUT2D eigenvalue weighted by Crippen LogP contribution is 2.40. The molecule has 0 heterocycles. The van der Waals surface area contributed by atoms with Crippen LogP contribution in [0.5, 0.6) is 0 Å². The molecule has 1 aliphatic carbocycles. The van der Waals surface area contributed by atoms with E-state index >= 15 is 0 Å². The van der Waals surface area contributed by atoms with Gasteiger partial charge in [-0.2, -0.15) is 0 Å². The summed E-state index contributed by atoms with van der Waals surface area (Å²) in [6.45, 7) is 12.6. The fourth-order valence-electron chi connectivity index (χ4n) is 4.77. The molecule has 3 aromatic carbocycles. The lowest BCUT2D eigenvalue weighted by molar-refractivity contribution is -0.000373. The monoisotopic (exact) mass is 442 g/mol. The maximum absolute atomic E-state index is 7.07. The van der Waals surface area contributed by atoms with Crippen LogP contribution in [0.15, 0.2) is 103 Å². The zero-order valence-electron chi connectivity index (χ0n) is 19.5. The summed E-state index contributed by atoms with van der Waals surface area (Å²) < 4.78 is 13.2. The summed E-state index contributed by atoms with van der Waals surface area (Å²) in [6.07, 6.45) is 1.10. The van der Waals surface area contributed by atoms with Crippen molar-refractivity contribution in [3.63, 3.8) is 0 Å². The molecule has 0 radical (unpaired) electrons. The van der Waals surface area contributed by atoms with Crippen LogP contribution in [-0.2, 0) is 15.8 Å². The lowest BCUT2D eigenvalue weighted by Crippen LogP contribution is -2.67. The Balaban J connectivity index is 1.50. The molecule has 0 N–H and O–H groups in total. The Morgan fingerprint density at radius 3 is 1.78 bits per heavy atom. The Morgan fingerprint density at radius 2 is 1.31 bits per heavy atom. The molecule has 0 amide bonds. The van der Waals surface area contributed by atoms with Crippen LogP contribution in [0.3, 0.4) is 0 Å². The van der Waals surface area contributed by atoms with Crippen LogP contribution < -0.4 is 10.4 Å². The van der Waals surface area contributed by atoms with Gasteiger partial charge in [-0.15, -0.1) is 0 Å². The van der Waals surface area contributed by atoms with Gasteiger partial charge in [-0.25, -0.2) is 0 Å². The predicted octanol–water partition coefficient (Wildman–Crippen LogP) is 5.72. The number of hydrogen-bond donors (Lipinski definition) is 0. The molecule has 1 saturated carbocycles. The first-order valence-corrected chi connectivity index (χ1v) is 13.4. The van der Waals surface area contributed by atoms with Crippen molar-refractivity contribution in [2.24, 2.45) is 5.92 Å². The van der Waals surface area contributed by atoms with Crippen molar-refractivity contribution in [1.29, 1.82) is 0 Å². The third kappa shape index (κ3) is 4.51. The quantitative estimate of drug-likeness (QED) is 0.328. The normalized spacial score (nSPS) is 18.9. The minimum Gasteiger partial charge on any atom is -0.407 e. The summed E-state index contributed by atoms with van der Waals surface area (Å²) in [5.74, 6) is 0.345. The van der Waals surface area contributed by atoms with E-state index in [1.165, 1.54) is 21.5 Å². The van der Waals surface area contributed by atoms with Gasteiger partial charge in [-0.1, -0.05) is 118 Å². The summed E-state index contributed by atoms with van der Waals surface area (Å²) in [5, 5.41) is 2.63. The summed E-state index contributed by atoms with van der Waals surface area (Å²) in [6, 6.07) is 32.0. The van der Waals surface area contributed by atoms with Crippen LogP contribution in [0.4, 0.5) is 0 Å². The van der Waals surface area contributed by atoms with E-state index in [1.54, 1.807) is 0 Å². The molecule has 0 aromatic heterocycles. The fraction of sp³-hybridized carbons (Fsp3) is 0.310. The van der Waals surface area contributed by atoms with Crippen LogP contribution in [-0.4, -0.2) is 21.0 Å². The van der Waals surface area contributed by atoms with Crippen molar-refractivity contribution >= 4 is 18.7 Å². The number of hydrogen-bond acceptors (Lipinski definition) is 2. The molecule has 1 aliphatic rings. The average molecular weight is 443 g/mol. The Labute approximate surface area is 194 Å². The van der Waals surface area contributed by atoms with E-state index < -0.39 is 8.32 Å². The van der Waals surface area contributed by atoms with Gasteiger partial charge in [-0.3, -0.25) is 0 Å². The number of rotatable bonds is 8. The van der Waals surface area contributed by atoms with Crippen LogP contribution in [0.1, 0.15) is 32.8 Å². The van der Waals surface area contributed by atoms with Gasteiger partial charge in [0.15, 0.2) is 0 Å². The fourth-order valence-corrected chi connectivity index (χ4v) is 9.38. The Kier molecular flexibility index (Phi) is 6.80. The third-order valence-corrected chi connectivity index (χ3v) is 11.7. The molecule has 2 atom stereocenters. The van der Waals surface area contributed by atoms with E-state index in [9.17, 15) is 0 Å². The molecule has 0 unspecified atom stereocenters. The first-order chi connectivity index (χ1) is 15.4. The molecule has 3 aromatic rings. The highest BCUT2D eigenvalue weighted by Gasteiger charge is 2.51. The predicted molar refractivity (Wildman–Crippen MR) is 136 cm³/mol. The first kappa shape index (κ1) is 22.7. The highest BCUT2D eigenvalue weighted by atomic mass is 28.4. The largest absolute Gasteiger partial charge is 0.407 e. The first-order valence-electron chi connectivity index (χ1n) is 11.5. The van der Waals surface area contributed by atoms with E-state index in [0.717, 1.165) is 6.42 Å². The Morgan fingerprint density at radius 1 is 0.812 bits per heavy atom. The van der Waals surface area contributed by atoms with Crippen LogP contribution in [0, 0.1) is 5.92 Å². The Hall–Kier alpha value is -2.46. The smallest absolute Gasteiger partial charge is 0.261 e. The van der Waals surface area contributed by atoms with Crippen LogP contribution in [0.2, 0.25) is 5.04 Å². The van der Waals surface area contributed by atoms with Crippen LogP contribution in [0.25, 0.3) is 0 Å². The van der Waals surface area contributed by atoms with Crippen molar-refractivity contribution < 1.29 is 9.16 Å². The highest BCUT2D eigenvalue weighted by molar-refractivity contribution is 6.99. The van der Waals surface area contributed by atoms with E-state index in [1.807, 2.05) is 6.07 Å². The number of benzene rings is 3. The van der Waals surface area contributed by atoms with Crippen molar-refractivity contribution in [2.75, 3.05) is 6.61 Å². The SMILES string of the molecule is C=C1[C@H](CO[Si](c2ccccc2)(c2ccccc2)C(C)(C)C)C[C@H]1OCc1ccccc1. The molecular weight excluding hydrogens is 408 g/mol. The lowest BCUT2D eigenvalue weighted by atomic mass is 9.78. The van der Waals surface area contributed by atoms with Gasteiger partial charge in [0.1, 0.15) is 0 Å². The Bertz CT molecular complexity index is 970. The minimum absolute atomic E-state index is 0.00992. The molecule has 3 heteroatoms. The van der Waals surface area contributed by atoms with Gasteiger partial charge >= 0.3 is 0 Å². The van der Waals surface area contributed by atoms with E-state index in [-0.39, 0.29) is 11.1 Å². The summed E-state index contributed by atoms with van der Waals surface area (Å²) in [4.78, 5) is 0. The van der Waals surface area contributed by atoms with E-state index in [2.05, 4.69) is 112 Å². The minimum atomic E-state index is -2.50. The van der Waals surface area contributed by atoms with Crippen molar-refractivity contribution in [3.05, 3.63) is 109 Å². The van der Waals surface area contributed by atoms with Gasteiger partial charge in [0.2, 0.25) is 0 Å². The van der Waals surface area contributed by atoms with Gasteiger partial charge in [0.05, 0.1) is 12.7 Å². The zero-order chi connectivity index (χ0) is 22.6. The van der Waals surface area contributed by atoms with Gasteiger partial charge in [0.25, 0.3) is 8.32 Å². The summed E-state index contributed by atoms with van der Waals surface area (Å²) >= 11 is 0. The van der Waals surface area contributed by atoms with Gasteiger partial charge in [0, 0.05) is 12.5 Å². The molecule has 0 aliphatic heterocycles. The maximum atomic E-state index is 7.07.